The zero-order chi connectivity index (χ0) is 17.1. The van der Waals surface area contributed by atoms with Crippen molar-refractivity contribution in [2.45, 2.75) is 38.8 Å². The lowest BCUT2D eigenvalue weighted by atomic mass is 10.00. The number of nitrogens with one attached hydrogen (secondary N) is 1. The summed E-state index contributed by atoms with van der Waals surface area (Å²) in [6.07, 6.45) is 2.87. The van der Waals surface area contributed by atoms with Crippen LogP contribution in [-0.2, 0) is 11.3 Å². The highest BCUT2D eigenvalue weighted by Gasteiger charge is 2.32. The van der Waals surface area contributed by atoms with Crippen LogP contribution in [-0.4, -0.2) is 39.6 Å². The maximum absolute atomic E-state index is 13.0. The number of aryl methyl sites for hydroxylation is 1. The van der Waals surface area contributed by atoms with E-state index in [2.05, 4.69) is 15.2 Å². The highest BCUT2D eigenvalue weighted by atomic mass is 35.5. The van der Waals surface area contributed by atoms with Gasteiger partial charge in [-0.05, 0) is 43.9 Å². The molecule has 0 bridgehead atoms. The van der Waals surface area contributed by atoms with Crippen LogP contribution in [0, 0.1) is 6.92 Å². The van der Waals surface area contributed by atoms with Gasteiger partial charge in [-0.1, -0.05) is 17.7 Å². The number of H-pyrrole nitrogens is 1. The van der Waals surface area contributed by atoms with Gasteiger partial charge in [0.15, 0.2) is 11.6 Å². The summed E-state index contributed by atoms with van der Waals surface area (Å²) in [6, 6.07) is 5.38. The Bertz CT molecular complexity index is 731. The molecule has 1 aliphatic heterocycles. The number of hydrogen-bond acceptors (Lipinski definition) is 4. The first kappa shape index (κ1) is 16.9. The fraction of sp³-hybridized carbons (Fsp3) is 0.471. The average Bonchev–Trinajstić information content (AvgIpc) is 3.03. The molecular weight excluding hydrogens is 328 g/mol. The van der Waals surface area contributed by atoms with Crippen molar-refractivity contribution in [3.8, 4) is 0 Å². The van der Waals surface area contributed by atoms with Gasteiger partial charge in [0.25, 0.3) is 5.91 Å². The van der Waals surface area contributed by atoms with Crippen molar-refractivity contribution >= 4 is 17.5 Å². The molecule has 6 nitrogen and oxygen atoms in total. The van der Waals surface area contributed by atoms with Crippen LogP contribution in [0.2, 0.25) is 5.02 Å². The predicted octanol–water partition coefficient (Wildman–Crippen LogP) is 3.28. The molecule has 1 N–H and O–H groups in total. The molecule has 0 spiro atoms. The zero-order valence-electron chi connectivity index (χ0n) is 13.9. The van der Waals surface area contributed by atoms with Gasteiger partial charge < -0.3 is 9.64 Å². The van der Waals surface area contributed by atoms with Gasteiger partial charge >= 0.3 is 0 Å². The van der Waals surface area contributed by atoms with Crippen LogP contribution in [0.5, 0.6) is 0 Å². The number of piperidine rings is 1. The van der Waals surface area contributed by atoms with E-state index >= 15 is 0 Å². The minimum absolute atomic E-state index is 0.0669. The number of likely N-dealkylation sites (tertiary alicyclic amines) is 1. The van der Waals surface area contributed by atoms with E-state index in [4.69, 9.17) is 16.3 Å². The smallest absolute Gasteiger partial charge is 0.255 e. The van der Waals surface area contributed by atoms with Gasteiger partial charge in [-0.2, -0.15) is 5.10 Å². The molecule has 0 saturated carbocycles. The van der Waals surface area contributed by atoms with Crippen LogP contribution in [0.4, 0.5) is 0 Å². The summed E-state index contributed by atoms with van der Waals surface area (Å²) in [5, 5.41) is 7.64. The van der Waals surface area contributed by atoms with E-state index in [1.54, 1.807) is 13.2 Å². The Hall–Kier alpha value is -1.92. The van der Waals surface area contributed by atoms with E-state index in [1.165, 1.54) is 0 Å². The lowest BCUT2D eigenvalue weighted by Gasteiger charge is -2.34. The van der Waals surface area contributed by atoms with Gasteiger partial charge in [0.1, 0.15) is 6.61 Å². The Balaban J connectivity index is 1.87. The number of ether oxygens (including phenoxy) is 1. The Morgan fingerprint density at radius 2 is 2.29 bits per heavy atom. The molecule has 0 aliphatic carbocycles. The summed E-state index contributed by atoms with van der Waals surface area (Å²) < 4.78 is 5.07. The van der Waals surface area contributed by atoms with E-state index < -0.39 is 0 Å². The Labute approximate surface area is 146 Å². The van der Waals surface area contributed by atoms with Crippen molar-refractivity contribution < 1.29 is 9.53 Å². The minimum atomic E-state index is -0.134. The summed E-state index contributed by atoms with van der Waals surface area (Å²) in [5.41, 5.74) is 1.56. The van der Waals surface area contributed by atoms with Gasteiger partial charge in [-0.3, -0.25) is 9.89 Å². The molecule has 1 saturated heterocycles. The first-order valence-electron chi connectivity index (χ1n) is 8.07. The molecule has 7 heteroatoms. The van der Waals surface area contributed by atoms with Crippen molar-refractivity contribution in [1.29, 1.82) is 0 Å². The van der Waals surface area contributed by atoms with Gasteiger partial charge in [-0.25, -0.2) is 4.98 Å². The lowest BCUT2D eigenvalue weighted by Crippen LogP contribution is -2.39. The first-order valence-corrected chi connectivity index (χ1v) is 8.45. The molecule has 2 aromatic rings. The second-order valence-electron chi connectivity index (χ2n) is 6.07. The topological polar surface area (TPSA) is 71.1 Å². The van der Waals surface area contributed by atoms with Gasteiger partial charge in [0.05, 0.1) is 16.6 Å². The normalized spacial score (nSPS) is 18.0. The number of aromatic nitrogens is 3. The van der Waals surface area contributed by atoms with Crippen molar-refractivity contribution in [1.82, 2.24) is 20.1 Å². The SMILES string of the molecule is COCc1nc(C2CCCCN2C(=O)c2ccc(C)cc2Cl)n[nH]1. The number of benzene rings is 1. The molecule has 1 aromatic heterocycles. The fourth-order valence-corrected chi connectivity index (χ4v) is 3.37. The molecule has 2 heterocycles. The van der Waals surface area contributed by atoms with E-state index in [0.717, 1.165) is 24.8 Å². The van der Waals surface area contributed by atoms with Crippen molar-refractivity contribution in [3.63, 3.8) is 0 Å². The molecule has 1 amide bonds. The molecule has 128 valence electrons. The zero-order valence-corrected chi connectivity index (χ0v) is 14.6. The molecule has 1 fully saturated rings. The molecule has 1 unspecified atom stereocenters. The van der Waals surface area contributed by atoms with E-state index in [0.29, 0.717) is 35.4 Å². The summed E-state index contributed by atoms with van der Waals surface area (Å²) in [7, 11) is 1.61. The van der Waals surface area contributed by atoms with Crippen LogP contribution < -0.4 is 0 Å². The number of carbonyl (C=O) groups is 1. The maximum atomic E-state index is 13.0. The highest BCUT2D eigenvalue weighted by molar-refractivity contribution is 6.33. The van der Waals surface area contributed by atoms with Crippen molar-refractivity contribution in [2.24, 2.45) is 0 Å². The number of hydrogen-bond donors (Lipinski definition) is 1. The average molecular weight is 349 g/mol. The molecule has 1 aliphatic rings. The quantitative estimate of drug-likeness (QED) is 0.920. The monoisotopic (exact) mass is 348 g/mol. The van der Waals surface area contributed by atoms with E-state index in [9.17, 15) is 4.79 Å². The summed E-state index contributed by atoms with van der Waals surface area (Å²) in [4.78, 5) is 19.3. The standard InChI is InChI=1S/C17H21ClN4O2/c1-11-6-7-12(13(18)9-11)17(23)22-8-4-3-5-14(22)16-19-15(10-24-2)20-21-16/h6-7,9,14H,3-5,8,10H2,1-2H3,(H,19,20,21). The molecule has 1 aromatic carbocycles. The lowest BCUT2D eigenvalue weighted by molar-refractivity contribution is 0.0600. The van der Waals surface area contributed by atoms with Crippen molar-refractivity contribution in [2.75, 3.05) is 13.7 Å². The Kier molecular flexibility index (Phi) is 5.16. The largest absolute Gasteiger partial charge is 0.377 e. The third-order valence-corrected chi connectivity index (χ3v) is 4.56. The third kappa shape index (κ3) is 3.44. The molecular formula is C17H21ClN4O2. The molecule has 1 atom stereocenters. The first-order chi connectivity index (χ1) is 11.6. The van der Waals surface area contributed by atoms with Gasteiger partial charge in [0.2, 0.25) is 0 Å². The number of carbonyl (C=O) groups excluding carboxylic acids is 1. The van der Waals surface area contributed by atoms with Gasteiger partial charge in [-0.15, -0.1) is 0 Å². The highest BCUT2D eigenvalue weighted by Crippen LogP contribution is 2.31. The predicted molar refractivity (Wildman–Crippen MR) is 90.9 cm³/mol. The third-order valence-electron chi connectivity index (χ3n) is 4.25. The fourth-order valence-electron chi connectivity index (χ4n) is 3.05. The van der Waals surface area contributed by atoms with E-state index in [-0.39, 0.29) is 11.9 Å². The summed E-state index contributed by atoms with van der Waals surface area (Å²) in [5.74, 6) is 1.24. The number of amides is 1. The van der Waals surface area contributed by atoms with Crippen LogP contribution in [0.15, 0.2) is 18.2 Å². The Morgan fingerprint density at radius 1 is 1.46 bits per heavy atom. The van der Waals surface area contributed by atoms with Crippen LogP contribution in [0.3, 0.4) is 0 Å². The summed E-state index contributed by atoms with van der Waals surface area (Å²) >= 11 is 6.28. The van der Waals surface area contributed by atoms with Crippen molar-refractivity contribution in [3.05, 3.63) is 46.0 Å². The number of nitrogens with zero attached hydrogens (tertiary/aromatic N) is 3. The second-order valence-corrected chi connectivity index (χ2v) is 6.47. The van der Waals surface area contributed by atoms with Crippen LogP contribution in [0.1, 0.15) is 52.9 Å². The van der Waals surface area contributed by atoms with Gasteiger partial charge in [0, 0.05) is 13.7 Å². The number of aromatic amines is 1. The maximum Gasteiger partial charge on any atom is 0.255 e. The molecule has 3 rings (SSSR count). The minimum Gasteiger partial charge on any atom is -0.377 e. The number of methoxy groups -OCH3 is 1. The summed E-state index contributed by atoms with van der Waals surface area (Å²) in [6.45, 7) is 3.01. The van der Waals surface area contributed by atoms with Crippen LogP contribution >= 0.6 is 11.6 Å². The molecule has 0 radical (unpaired) electrons. The Morgan fingerprint density at radius 3 is 3.04 bits per heavy atom. The number of halogens is 1. The van der Waals surface area contributed by atoms with E-state index in [1.807, 2.05) is 24.0 Å². The molecule has 24 heavy (non-hydrogen) atoms. The number of rotatable bonds is 4. The second kappa shape index (κ2) is 7.32. The van der Waals surface area contributed by atoms with Crippen LogP contribution in [0.25, 0.3) is 0 Å².